The molecule has 35 heavy (non-hydrogen) atoms. The number of benzene rings is 4. The number of hydrogen-bond acceptors (Lipinski definition) is 5. The fourth-order valence-electron chi connectivity index (χ4n) is 3.52. The van der Waals surface area contributed by atoms with Crippen LogP contribution in [0, 0.1) is 11.3 Å². The minimum Gasteiger partial charge on any atom is -0.490 e. The van der Waals surface area contributed by atoms with Gasteiger partial charge in [0, 0.05) is 0 Å². The molecule has 0 heterocycles. The summed E-state index contributed by atoms with van der Waals surface area (Å²) in [5.74, 6) is 1.49. The molecule has 5 nitrogen and oxygen atoms in total. The molecule has 0 aliphatic rings. The minimum atomic E-state index is 0.416. The maximum absolute atomic E-state index is 8.86. The molecule has 0 aliphatic heterocycles. The fraction of sp³-hybridized carbons (Fsp3) is 0.133. The van der Waals surface area contributed by atoms with Crippen LogP contribution in [0.4, 0.5) is 5.69 Å². The monoisotopic (exact) mass is 461 g/mol. The lowest BCUT2D eigenvalue weighted by Gasteiger charge is -2.21. The first kappa shape index (κ1) is 23.6. The molecule has 0 bridgehead atoms. The predicted molar refractivity (Wildman–Crippen MR) is 140 cm³/mol. The molecule has 0 saturated heterocycles. The molecule has 0 amide bonds. The normalized spacial score (nSPS) is 10.9. The average molecular weight is 462 g/mol. The van der Waals surface area contributed by atoms with Gasteiger partial charge in [-0.25, -0.2) is 0 Å². The molecule has 0 radical (unpaired) electrons. The van der Waals surface area contributed by atoms with Crippen molar-refractivity contribution in [3.63, 3.8) is 0 Å². The lowest BCUT2D eigenvalue weighted by atomic mass is 10.1. The van der Waals surface area contributed by atoms with Crippen LogP contribution >= 0.6 is 0 Å². The molecule has 0 spiro atoms. The number of hydrogen-bond donors (Lipinski definition) is 0. The first-order chi connectivity index (χ1) is 17.2. The molecule has 0 N–H and O–H groups in total. The summed E-state index contributed by atoms with van der Waals surface area (Å²) in [6.07, 6.45) is 0. The Balaban J connectivity index is 1.36. The van der Waals surface area contributed by atoms with Crippen LogP contribution in [-0.4, -0.2) is 18.9 Å². The Kier molecular flexibility index (Phi) is 8.13. The van der Waals surface area contributed by atoms with E-state index in [0.29, 0.717) is 31.1 Å². The van der Waals surface area contributed by atoms with Gasteiger partial charge in [0.05, 0.1) is 29.6 Å². The van der Waals surface area contributed by atoms with Crippen molar-refractivity contribution in [2.24, 2.45) is 5.10 Å². The third kappa shape index (κ3) is 6.96. The molecule has 0 unspecified atom stereocenters. The Bertz CT molecular complexity index is 1260. The quantitative estimate of drug-likeness (QED) is 0.155. The Labute approximate surface area is 206 Å². The zero-order valence-electron chi connectivity index (χ0n) is 19.7. The van der Waals surface area contributed by atoms with Crippen molar-refractivity contribution in [3.05, 3.63) is 126 Å². The van der Waals surface area contributed by atoms with Gasteiger partial charge in [-0.3, -0.25) is 5.01 Å². The molecule has 4 aromatic rings. The van der Waals surface area contributed by atoms with Crippen molar-refractivity contribution in [1.29, 1.82) is 5.26 Å². The first-order valence-corrected chi connectivity index (χ1v) is 11.5. The Morgan fingerprint density at radius 3 is 1.86 bits per heavy atom. The van der Waals surface area contributed by atoms with Crippen LogP contribution in [0.5, 0.6) is 11.5 Å². The van der Waals surface area contributed by atoms with Gasteiger partial charge in [0.25, 0.3) is 0 Å². The number of nitriles is 1. The van der Waals surface area contributed by atoms with E-state index >= 15 is 0 Å². The standard InChI is InChI=1S/C30H27N3O2/c1-24(32-33(28-10-6-3-7-11-28)23-26-8-4-2-5-9-26)27-14-18-30(19-15-27)35-21-20-34-29-16-12-25(22-31)13-17-29/h2-19H,20-21,23H2,1H3. The van der Waals surface area contributed by atoms with Gasteiger partial charge in [0.2, 0.25) is 0 Å². The molecule has 0 aliphatic carbocycles. The van der Waals surface area contributed by atoms with E-state index in [4.69, 9.17) is 19.8 Å². The van der Waals surface area contributed by atoms with Gasteiger partial charge in [0.1, 0.15) is 24.7 Å². The summed E-state index contributed by atoms with van der Waals surface area (Å²) >= 11 is 0. The predicted octanol–water partition coefficient (Wildman–Crippen LogP) is 6.45. The van der Waals surface area contributed by atoms with E-state index in [9.17, 15) is 0 Å². The van der Waals surface area contributed by atoms with Gasteiger partial charge in [-0.2, -0.15) is 10.4 Å². The maximum Gasteiger partial charge on any atom is 0.122 e. The van der Waals surface area contributed by atoms with Crippen LogP contribution in [0.3, 0.4) is 0 Å². The van der Waals surface area contributed by atoms with Gasteiger partial charge in [-0.1, -0.05) is 48.5 Å². The summed E-state index contributed by atoms with van der Waals surface area (Å²) in [5, 5.41) is 15.8. The summed E-state index contributed by atoms with van der Waals surface area (Å²) in [6.45, 7) is 3.54. The maximum atomic E-state index is 8.86. The summed E-state index contributed by atoms with van der Waals surface area (Å²) in [7, 11) is 0. The average Bonchev–Trinajstić information content (AvgIpc) is 2.92. The van der Waals surface area contributed by atoms with E-state index in [0.717, 1.165) is 22.7 Å². The Hall–Kier alpha value is -4.56. The van der Waals surface area contributed by atoms with E-state index < -0.39 is 0 Å². The van der Waals surface area contributed by atoms with Gasteiger partial charge < -0.3 is 9.47 Å². The summed E-state index contributed by atoms with van der Waals surface area (Å²) in [4.78, 5) is 0. The smallest absolute Gasteiger partial charge is 0.122 e. The number of para-hydroxylation sites is 1. The summed E-state index contributed by atoms with van der Waals surface area (Å²) in [5.41, 5.74) is 4.79. The third-order valence-corrected chi connectivity index (χ3v) is 5.38. The highest BCUT2D eigenvalue weighted by atomic mass is 16.5. The van der Waals surface area contributed by atoms with Crippen molar-refractivity contribution in [1.82, 2.24) is 0 Å². The number of rotatable bonds is 10. The summed E-state index contributed by atoms with van der Waals surface area (Å²) < 4.78 is 11.5. The second-order valence-corrected chi connectivity index (χ2v) is 7.92. The Morgan fingerprint density at radius 1 is 0.743 bits per heavy atom. The van der Waals surface area contributed by atoms with E-state index in [1.54, 1.807) is 24.3 Å². The second-order valence-electron chi connectivity index (χ2n) is 7.92. The molecular formula is C30H27N3O2. The number of hydrazone groups is 1. The molecular weight excluding hydrogens is 434 g/mol. The van der Waals surface area contributed by atoms with Crippen LogP contribution < -0.4 is 14.5 Å². The van der Waals surface area contributed by atoms with Gasteiger partial charge in [-0.15, -0.1) is 0 Å². The highest BCUT2D eigenvalue weighted by Gasteiger charge is 2.08. The van der Waals surface area contributed by atoms with E-state index in [2.05, 4.69) is 30.3 Å². The fourth-order valence-corrected chi connectivity index (χ4v) is 3.52. The highest BCUT2D eigenvalue weighted by Crippen LogP contribution is 2.19. The summed E-state index contributed by atoms with van der Waals surface area (Å²) in [6, 6.07) is 37.6. The van der Waals surface area contributed by atoms with Gasteiger partial charge >= 0.3 is 0 Å². The second kappa shape index (κ2) is 12.1. The number of ether oxygens (including phenoxy) is 2. The largest absolute Gasteiger partial charge is 0.490 e. The highest BCUT2D eigenvalue weighted by molar-refractivity contribution is 5.99. The van der Waals surface area contributed by atoms with E-state index in [1.807, 2.05) is 72.6 Å². The molecule has 5 heteroatoms. The van der Waals surface area contributed by atoms with Gasteiger partial charge in [0.15, 0.2) is 0 Å². The van der Waals surface area contributed by atoms with Crippen molar-refractivity contribution >= 4 is 11.4 Å². The van der Waals surface area contributed by atoms with Crippen molar-refractivity contribution in [2.45, 2.75) is 13.5 Å². The van der Waals surface area contributed by atoms with Crippen molar-refractivity contribution in [3.8, 4) is 17.6 Å². The zero-order valence-corrected chi connectivity index (χ0v) is 19.7. The SMILES string of the molecule is CC(=NN(Cc1ccccc1)c1ccccc1)c1ccc(OCCOc2ccc(C#N)cc2)cc1. The van der Waals surface area contributed by atoms with Gasteiger partial charge in [-0.05, 0) is 78.7 Å². The van der Waals surface area contributed by atoms with E-state index in [1.165, 1.54) is 5.56 Å². The van der Waals surface area contributed by atoms with Crippen LogP contribution in [0.25, 0.3) is 0 Å². The molecule has 0 saturated carbocycles. The number of nitrogens with zero attached hydrogens (tertiary/aromatic N) is 3. The zero-order chi connectivity index (χ0) is 24.3. The minimum absolute atomic E-state index is 0.416. The molecule has 0 aromatic heterocycles. The van der Waals surface area contributed by atoms with Crippen LogP contribution in [0.1, 0.15) is 23.6 Å². The lowest BCUT2D eigenvalue weighted by Crippen LogP contribution is -2.18. The first-order valence-electron chi connectivity index (χ1n) is 11.5. The number of anilines is 1. The molecule has 0 fully saturated rings. The van der Waals surface area contributed by atoms with Crippen LogP contribution in [0.15, 0.2) is 114 Å². The molecule has 4 aromatic carbocycles. The van der Waals surface area contributed by atoms with Crippen molar-refractivity contribution < 1.29 is 9.47 Å². The van der Waals surface area contributed by atoms with Crippen molar-refractivity contribution in [2.75, 3.05) is 18.2 Å². The molecule has 0 atom stereocenters. The molecule has 174 valence electrons. The van der Waals surface area contributed by atoms with E-state index in [-0.39, 0.29) is 0 Å². The van der Waals surface area contributed by atoms with Crippen LogP contribution in [0.2, 0.25) is 0 Å². The Morgan fingerprint density at radius 2 is 1.29 bits per heavy atom. The van der Waals surface area contributed by atoms with Crippen LogP contribution in [-0.2, 0) is 6.54 Å². The third-order valence-electron chi connectivity index (χ3n) is 5.38. The topological polar surface area (TPSA) is 57.9 Å². The lowest BCUT2D eigenvalue weighted by molar-refractivity contribution is 0.217. The molecule has 4 rings (SSSR count).